The van der Waals surface area contributed by atoms with E-state index in [1.165, 1.54) is 0 Å². The number of methoxy groups -OCH3 is 1. The van der Waals surface area contributed by atoms with Gasteiger partial charge in [0.25, 0.3) is 5.91 Å². The summed E-state index contributed by atoms with van der Waals surface area (Å²) in [6, 6.07) is 14.7. The summed E-state index contributed by atoms with van der Waals surface area (Å²) in [5.74, 6) is 1.44. The van der Waals surface area contributed by atoms with Crippen molar-refractivity contribution in [1.29, 1.82) is 0 Å². The second-order valence-corrected chi connectivity index (χ2v) is 4.33. The average molecular weight is 267 g/mol. The predicted molar refractivity (Wildman–Crippen MR) is 76.7 cm³/mol. The van der Waals surface area contributed by atoms with Crippen molar-refractivity contribution in [2.75, 3.05) is 12.4 Å². The van der Waals surface area contributed by atoms with Gasteiger partial charge in [-0.15, -0.1) is 0 Å². The SMILES string of the molecule is COc1ccc(/C=C2/Oc3ccccc3NC2=O)cc1. The number of anilines is 1. The Morgan fingerprint density at radius 1 is 1.10 bits per heavy atom. The first-order valence-corrected chi connectivity index (χ1v) is 6.20. The highest BCUT2D eigenvalue weighted by Gasteiger charge is 2.21. The van der Waals surface area contributed by atoms with Gasteiger partial charge < -0.3 is 14.8 Å². The maximum atomic E-state index is 12.0. The molecule has 100 valence electrons. The Hall–Kier alpha value is -2.75. The molecule has 0 radical (unpaired) electrons. The van der Waals surface area contributed by atoms with Crippen molar-refractivity contribution in [2.45, 2.75) is 0 Å². The van der Waals surface area contributed by atoms with Crippen LogP contribution in [-0.4, -0.2) is 13.0 Å². The lowest BCUT2D eigenvalue weighted by atomic mass is 10.1. The smallest absolute Gasteiger partial charge is 0.291 e. The Morgan fingerprint density at radius 3 is 2.60 bits per heavy atom. The zero-order valence-electron chi connectivity index (χ0n) is 10.9. The molecule has 0 spiro atoms. The molecule has 1 heterocycles. The summed E-state index contributed by atoms with van der Waals surface area (Å²) in [6.45, 7) is 0. The van der Waals surface area contributed by atoms with Crippen LogP contribution >= 0.6 is 0 Å². The van der Waals surface area contributed by atoms with Crippen molar-refractivity contribution in [2.24, 2.45) is 0 Å². The van der Waals surface area contributed by atoms with Gasteiger partial charge in [-0.3, -0.25) is 4.79 Å². The number of nitrogens with one attached hydrogen (secondary N) is 1. The molecule has 1 aliphatic rings. The van der Waals surface area contributed by atoms with Crippen molar-refractivity contribution in [3.63, 3.8) is 0 Å². The van der Waals surface area contributed by atoms with Gasteiger partial charge in [-0.05, 0) is 35.9 Å². The lowest BCUT2D eigenvalue weighted by Gasteiger charge is -2.19. The van der Waals surface area contributed by atoms with Gasteiger partial charge in [0.15, 0.2) is 11.5 Å². The third-order valence-corrected chi connectivity index (χ3v) is 2.99. The van der Waals surface area contributed by atoms with E-state index >= 15 is 0 Å². The van der Waals surface area contributed by atoms with Crippen LogP contribution in [0.25, 0.3) is 6.08 Å². The highest BCUT2D eigenvalue weighted by molar-refractivity contribution is 6.08. The molecule has 1 amide bonds. The van der Waals surface area contributed by atoms with Crippen LogP contribution in [0.4, 0.5) is 5.69 Å². The molecule has 1 N–H and O–H groups in total. The number of carbonyl (C=O) groups is 1. The van der Waals surface area contributed by atoms with Gasteiger partial charge in [-0.1, -0.05) is 24.3 Å². The fourth-order valence-electron chi connectivity index (χ4n) is 1.95. The molecule has 2 aromatic rings. The number of fused-ring (bicyclic) bond motifs is 1. The Balaban J connectivity index is 1.90. The number of ether oxygens (including phenoxy) is 2. The molecule has 1 aliphatic heterocycles. The number of carbonyl (C=O) groups excluding carboxylic acids is 1. The monoisotopic (exact) mass is 267 g/mol. The second-order valence-electron chi connectivity index (χ2n) is 4.33. The third-order valence-electron chi connectivity index (χ3n) is 2.99. The van der Waals surface area contributed by atoms with Crippen molar-refractivity contribution < 1.29 is 14.3 Å². The zero-order chi connectivity index (χ0) is 13.9. The molecule has 0 bridgehead atoms. The molecule has 3 rings (SSSR count). The summed E-state index contributed by atoms with van der Waals surface area (Å²) < 4.78 is 10.7. The molecule has 0 atom stereocenters. The van der Waals surface area contributed by atoms with E-state index in [-0.39, 0.29) is 11.7 Å². The quantitative estimate of drug-likeness (QED) is 0.851. The van der Waals surface area contributed by atoms with Crippen molar-refractivity contribution in [1.82, 2.24) is 0 Å². The van der Waals surface area contributed by atoms with Gasteiger partial charge in [0.2, 0.25) is 0 Å². The number of amides is 1. The number of rotatable bonds is 2. The fourth-order valence-corrected chi connectivity index (χ4v) is 1.95. The van der Waals surface area contributed by atoms with Gasteiger partial charge in [0, 0.05) is 0 Å². The molecule has 4 nitrogen and oxygen atoms in total. The fraction of sp³-hybridized carbons (Fsp3) is 0.0625. The number of hydrogen-bond donors (Lipinski definition) is 1. The summed E-state index contributed by atoms with van der Waals surface area (Å²) in [7, 11) is 1.61. The number of para-hydroxylation sites is 2. The van der Waals surface area contributed by atoms with Crippen LogP contribution in [0, 0.1) is 0 Å². The van der Waals surface area contributed by atoms with E-state index in [4.69, 9.17) is 9.47 Å². The first-order valence-electron chi connectivity index (χ1n) is 6.20. The summed E-state index contributed by atoms with van der Waals surface area (Å²) in [5.41, 5.74) is 1.56. The Kier molecular flexibility index (Phi) is 3.13. The van der Waals surface area contributed by atoms with E-state index in [1.807, 2.05) is 42.5 Å². The van der Waals surface area contributed by atoms with Crippen LogP contribution in [0.2, 0.25) is 0 Å². The molecule has 0 aromatic heterocycles. The summed E-state index contributed by atoms with van der Waals surface area (Å²) in [6.07, 6.45) is 1.70. The molecule has 20 heavy (non-hydrogen) atoms. The Bertz CT molecular complexity index is 674. The molecule has 0 saturated carbocycles. The van der Waals surface area contributed by atoms with Crippen LogP contribution in [-0.2, 0) is 4.79 Å². The Morgan fingerprint density at radius 2 is 1.85 bits per heavy atom. The van der Waals surface area contributed by atoms with Gasteiger partial charge in [-0.2, -0.15) is 0 Å². The van der Waals surface area contributed by atoms with Crippen LogP contribution < -0.4 is 14.8 Å². The molecule has 0 aliphatic carbocycles. The highest BCUT2D eigenvalue weighted by atomic mass is 16.5. The average Bonchev–Trinajstić information content (AvgIpc) is 2.49. The van der Waals surface area contributed by atoms with Crippen molar-refractivity contribution in [3.8, 4) is 11.5 Å². The zero-order valence-corrected chi connectivity index (χ0v) is 10.9. The summed E-state index contributed by atoms with van der Waals surface area (Å²) in [5, 5.41) is 2.80. The molecular formula is C16H13NO3. The minimum atomic E-state index is -0.250. The van der Waals surface area contributed by atoms with Crippen molar-refractivity contribution >= 4 is 17.7 Å². The maximum absolute atomic E-state index is 12.0. The van der Waals surface area contributed by atoms with Crippen LogP contribution in [0.5, 0.6) is 11.5 Å². The summed E-state index contributed by atoms with van der Waals surface area (Å²) >= 11 is 0. The summed E-state index contributed by atoms with van der Waals surface area (Å²) in [4.78, 5) is 12.0. The minimum Gasteiger partial charge on any atom is -0.497 e. The lowest BCUT2D eigenvalue weighted by Crippen LogP contribution is -2.23. The molecule has 0 fully saturated rings. The highest BCUT2D eigenvalue weighted by Crippen LogP contribution is 2.30. The molecule has 0 unspecified atom stereocenters. The van der Waals surface area contributed by atoms with Crippen molar-refractivity contribution in [3.05, 3.63) is 59.9 Å². The molecule has 0 saturated heterocycles. The first kappa shape index (κ1) is 12.3. The van der Waals surface area contributed by atoms with Crippen LogP contribution in [0.1, 0.15) is 5.56 Å². The van der Waals surface area contributed by atoms with Gasteiger partial charge in [0.1, 0.15) is 5.75 Å². The second kappa shape index (κ2) is 5.09. The topological polar surface area (TPSA) is 47.6 Å². The molecule has 4 heteroatoms. The van der Waals surface area contributed by atoms with Gasteiger partial charge in [0.05, 0.1) is 12.8 Å². The van der Waals surface area contributed by atoms with E-state index in [0.717, 1.165) is 11.3 Å². The molecular weight excluding hydrogens is 254 g/mol. The van der Waals surface area contributed by atoms with Gasteiger partial charge >= 0.3 is 0 Å². The van der Waals surface area contributed by atoms with E-state index in [1.54, 1.807) is 19.3 Å². The largest absolute Gasteiger partial charge is 0.497 e. The van der Waals surface area contributed by atoms with E-state index < -0.39 is 0 Å². The first-order chi connectivity index (χ1) is 9.76. The van der Waals surface area contributed by atoms with Crippen LogP contribution in [0.3, 0.4) is 0 Å². The van der Waals surface area contributed by atoms with E-state index in [2.05, 4.69) is 5.32 Å². The predicted octanol–water partition coefficient (Wildman–Crippen LogP) is 3.07. The number of hydrogen-bond acceptors (Lipinski definition) is 3. The third kappa shape index (κ3) is 2.36. The van der Waals surface area contributed by atoms with E-state index in [9.17, 15) is 4.79 Å². The lowest BCUT2D eigenvalue weighted by molar-refractivity contribution is -0.115. The maximum Gasteiger partial charge on any atom is 0.291 e. The van der Waals surface area contributed by atoms with Crippen LogP contribution in [0.15, 0.2) is 54.3 Å². The molecule has 2 aromatic carbocycles. The van der Waals surface area contributed by atoms with Gasteiger partial charge in [-0.25, -0.2) is 0 Å². The number of benzene rings is 2. The Labute approximate surface area is 116 Å². The normalized spacial score (nSPS) is 15.2. The standard InChI is InChI=1S/C16H13NO3/c1-19-12-8-6-11(7-9-12)10-15-16(18)17-13-4-2-3-5-14(13)20-15/h2-10H,1H3,(H,17,18)/b15-10+. The van der Waals surface area contributed by atoms with E-state index in [0.29, 0.717) is 11.4 Å². The minimum absolute atomic E-state index is 0.250.